The van der Waals surface area contributed by atoms with Gasteiger partial charge in [-0.05, 0) is 26.3 Å². The van der Waals surface area contributed by atoms with Crippen molar-refractivity contribution in [2.24, 2.45) is 0 Å². The predicted molar refractivity (Wildman–Crippen MR) is 72.9 cm³/mol. The first-order chi connectivity index (χ1) is 9.19. The maximum atomic E-state index is 14.0. The third kappa shape index (κ3) is 2.25. The highest BCUT2D eigenvalue weighted by molar-refractivity contribution is 5.45. The lowest BCUT2D eigenvalue weighted by Gasteiger charge is -2.43. The zero-order valence-electron chi connectivity index (χ0n) is 11.4. The first-order valence-electron chi connectivity index (χ1n) is 6.90. The van der Waals surface area contributed by atoms with Crippen LogP contribution >= 0.6 is 0 Å². The molecular formula is C13H20FN5. The normalized spacial score (nSPS) is 27.4. The Morgan fingerprint density at radius 3 is 3.05 bits per heavy atom. The third-order valence-corrected chi connectivity index (χ3v) is 4.16. The van der Waals surface area contributed by atoms with E-state index >= 15 is 0 Å². The summed E-state index contributed by atoms with van der Waals surface area (Å²) in [5.41, 5.74) is 0. The van der Waals surface area contributed by atoms with E-state index < -0.39 is 0 Å². The largest absolute Gasteiger partial charge is 0.357 e. The fraction of sp³-hybridized carbons (Fsp3) is 0.692. The second-order valence-corrected chi connectivity index (χ2v) is 5.41. The molecule has 2 aliphatic rings. The Bertz CT molecular complexity index is 466. The molecule has 0 saturated carbocycles. The zero-order valence-corrected chi connectivity index (χ0v) is 11.4. The van der Waals surface area contributed by atoms with Gasteiger partial charge in [0.05, 0.1) is 6.20 Å². The van der Waals surface area contributed by atoms with E-state index in [1.807, 2.05) is 0 Å². The number of anilines is 2. The van der Waals surface area contributed by atoms with E-state index in [2.05, 4.69) is 32.0 Å². The first kappa shape index (κ1) is 12.6. The molecule has 0 amide bonds. The van der Waals surface area contributed by atoms with Crippen molar-refractivity contribution in [2.75, 3.05) is 36.9 Å². The standard InChI is InChI=1S/C13H20FN5/c1-9-7-18-5-3-4-10(18)8-19(9)12-11(14)6-16-13(15-2)17-12/h6,9-10H,3-5,7-8H2,1-2H3,(H,15,16,17). The molecule has 0 radical (unpaired) electrons. The molecule has 2 fully saturated rings. The molecule has 3 heterocycles. The summed E-state index contributed by atoms with van der Waals surface area (Å²) in [5.74, 6) is 0.563. The van der Waals surface area contributed by atoms with Gasteiger partial charge in [-0.1, -0.05) is 0 Å². The summed E-state index contributed by atoms with van der Waals surface area (Å²) >= 11 is 0. The monoisotopic (exact) mass is 265 g/mol. The van der Waals surface area contributed by atoms with Crippen molar-refractivity contribution in [1.82, 2.24) is 14.9 Å². The second kappa shape index (κ2) is 4.92. The van der Waals surface area contributed by atoms with Gasteiger partial charge in [0.1, 0.15) is 0 Å². The van der Waals surface area contributed by atoms with Gasteiger partial charge in [0.15, 0.2) is 11.6 Å². The van der Waals surface area contributed by atoms with Crippen molar-refractivity contribution < 1.29 is 4.39 Å². The molecule has 19 heavy (non-hydrogen) atoms. The summed E-state index contributed by atoms with van der Waals surface area (Å²) in [6.45, 7) is 5.16. The Balaban J connectivity index is 1.88. The number of fused-ring (bicyclic) bond motifs is 1. The molecule has 1 aromatic rings. The van der Waals surface area contributed by atoms with Gasteiger partial charge < -0.3 is 10.2 Å². The lowest BCUT2D eigenvalue weighted by molar-refractivity contribution is 0.201. The highest BCUT2D eigenvalue weighted by Crippen LogP contribution is 2.29. The van der Waals surface area contributed by atoms with Crippen LogP contribution in [0.5, 0.6) is 0 Å². The highest BCUT2D eigenvalue weighted by Gasteiger charge is 2.35. The predicted octanol–water partition coefficient (Wildman–Crippen LogP) is 1.33. The quantitative estimate of drug-likeness (QED) is 0.874. The Morgan fingerprint density at radius 2 is 2.26 bits per heavy atom. The van der Waals surface area contributed by atoms with Gasteiger partial charge in [-0.25, -0.2) is 9.37 Å². The van der Waals surface area contributed by atoms with Gasteiger partial charge in [-0.2, -0.15) is 4.98 Å². The summed E-state index contributed by atoms with van der Waals surface area (Å²) in [5, 5.41) is 2.87. The molecule has 2 atom stereocenters. The molecule has 0 bridgehead atoms. The number of rotatable bonds is 2. The molecule has 2 unspecified atom stereocenters. The van der Waals surface area contributed by atoms with Crippen molar-refractivity contribution in [2.45, 2.75) is 31.8 Å². The average Bonchev–Trinajstić information content (AvgIpc) is 2.85. The molecule has 1 N–H and O–H groups in total. The number of nitrogens with one attached hydrogen (secondary N) is 1. The van der Waals surface area contributed by atoms with E-state index in [1.54, 1.807) is 7.05 Å². The van der Waals surface area contributed by atoms with E-state index in [9.17, 15) is 4.39 Å². The minimum atomic E-state index is -0.336. The van der Waals surface area contributed by atoms with E-state index in [-0.39, 0.29) is 11.9 Å². The Kier molecular flexibility index (Phi) is 3.26. The molecule has 104 valence electrons. The van der Waals surface area contributed by atoms with Crippen LogP contribution in [0, 0.1) is 5.82 Å². The van der Waals surface area contributed by atoms with Crippen molar-refractivity contribution in [1.29, 1.82) is 0 Å². The highest BCUT2D eigenvalue weighted by atomic mass is 19.1. The number of hydrogen-bond acceptors (Lipinski definition) is 5. The van der Waals surface area contributed by atoms with E-state index in [0.29, 0.717) is 17.8 Å². The van der Waals surface area contributed by atoms with Crippen molar-refractivity contribution in [3.63, 3.8) is 0 Å². The van der Waals surface area contributed by atoms with Crippen LogP contribution in [-0.2, 0) is 0 Å². The molecule has 2 aliphatic heterocycles. The van der Waals surface area contributed by atoms with Crippen LogP contribution in [0.1, 0.15) is 19.8 Å². The van der Waals surface area contributed by atoms with Gasteiger partial charge >= 0.3 is 0 Å². The fourth-order valence-electron chi connectivity index (χ4n) is 3.16. The SMILES string of the molecule is CNc1ncc(F)c(N2CC3CCCN3CC2C)n1. The van der Waals surface area contributed by atoms with Crippen LogP contribution in [0.4, 0.5) is 16.2 Å². The van der Waals surface area contributed by atoms with E-state index in [4.69, 9.17) is 0 Å². The first-order valence-corrected chi connectivity index (χ1v) is 6.90. The number of halogens is 1. The molecule has 0 aliphatic carbocycles. The summed E-state index contributed by atoms with van der Waals surface area (Å²) in [6.07, 6.45) is 3.70. The van der Waals surface area contributed by atoms with Crippen LogP contribution in [0.15, 0.2) is 6.20 Å². The number of aromatic nitrogens is 2. The van der Waals surface area contributed by atoms with Gasteiger partial charge in [-0.3, -0.25) is 4.90 Å². The average molecular weight is 265 g/mol. The van der Waals surface area contributed by atoms with Gasteiger partial charge in [-0.15, -0.1) is 0 Å². The number of hydrogen-bond donors (Lipinski definition) is 1. The molecular weight excluding hydrogens is 245 g/mol. The summed E-state index contributed by atoms with van der Waals surface area (Å²) in [6, 6.07) is 0.826. The van der Waals surface area contributed by atoms with Crippen LogP contribution in [0.3, 0.4) is 0 Å². The zero-order chi connectivity index (χ0) is 13.4. The van der Waals surface area contributed by atoms with Crippen LogP contribution in [0.2, 0.25) is 0 Å². The van der Waals surface area contributed by atoms with Gasteiger partial charge in [0.25, 0.3) is 0 Å². The Morgan fingerprint density at radius 1 is 1.42 bits per heavy atom. The van der Waals surface area contributed by atoms with E-state index in [0.717, 1.165) is 13.1 Å². The molecule has 0 spiro atoms. The minimum absolute atomic E-state index is 0.281. The van der Waals surface area contributed by atoms with Gasteiger partial charge in [0.2, 0.25) is 5.95 Å². The number of nitrogens with zero attached hydrogens (tertiary/aromatic N) is 4. The summed E-state index contributed by atoms with van der Waals surface area (Å²) < 4.78 is 14.0. The number of piperazine rings is 1. The van der Waals surface area contributed by atoms with Crippen molar-refractivity contribution in [3.8, 4) is 0 Å². The molecule has 0 aromatic carbocycles. The maximum Gasteiger partial charge on any atom is 0.224 e. The molecule has 5 nitrogen and oxygen atoms in total. The lowest BCUT2D eigenvalue weighted by atomic mass is 10.1. The van der Waals surface area contributed by atoms with E-state index in [1.165, 1.54) is 25.6 Å². The smallest absolute Gasteiger partial charge is 0.224 e. The summed E-state index contributed by atoms with van der Waals surface area (Å²) in [4.78, 5) is 12.8. The van der Waals surface area contributed by atoms with Crippen LogP contribution in [0.25, 0.3) is 0 Å². The maximum absolute atomic E-state index is 14.0. The molecule has 3 rings (SSSR count). The Hall–Kier alpha value is -1.43. The minimum Gasteiger partial charge on any atom is -0.357 e. The molecule has 1 aromatic heterocycles. The Labute approximate surface area is 112 Å². The molecule has 6 heteroatoms. The van der Waals surface area contributed by atoms with Crippen molar-refractivity contribution >= 4 is 11.8 Å². The lowest BCUT2D eigenvalue weighted by Crippen LogP contribution is -2.55. The van der Waals surface area contributed by atoms with Crippen LogP contribution in [-0.4, -0.2) is 53.6 Å². The fourth-order valence-corrected chi connectivity index (χ4v) is 3.16. The summed E-state index contributed by atoms with van der Waals surface area (Å²) in [7, 11) is 1.75. The van der Waals surface area contributed by atoms with Crippen molar-refractivity contribution in [3.05, 3.63) is 12.0 Å². The van der Waals surface area contributed by atoms with Crippen LogP contribution < -0.4 is 10.2 Å². The second-order valence-electron chi connectivity index (χ2n) is 5.41. The third-order valence-electron chi connectivity index (χ3n) is 4.16. The molecule has 2 saturated heterocycles. The topological polar surface area (TPSA) is 44.3 Å². The van der Waals surface area contributed by atoms with Gasteiger partial charge in [0, 0.05) is 32.2 Å².